The molecule has 0 unspecified atom stereocenters. The Balaban J connectivity index is 1.74. The van der Waals surface area contributed by atoms with Crippen molar-refractivity contribution >= 4 is 17.5 Å². The first kappa shape index (κ1) is 15.0. The Labute approximate surface area is 131 Å². The molecule has 0 N–H and O–H groups in total. The summed E-state index contributed by atoms with van der Waals surface area (Å²) in [4.78, 5) is 30.3. The Bertz CT molecular complexity index is 592. The van der Waals surface area contributed by atoms with Gasteiger partial charge in [-0.1, -0.05) is 6.92 Å². The molecule has 22 heavy (non-hydrogen) atoms. The van der Waals surface area contributed by atoms with E-state index in [-0.39, 0.29) is 11.8 Å². The van der Waals surface area contributed by atoms with E-state index in [2.05, 4.69) is 11.8 Å². The molecule has 3 rings (SSSR count). The molecule has 0 aliphatic carbocycles. The molecule has 0 bridgehead atoms. The van der Waals surface area contributed by atoms with Gasteiger partial charge in [0.2, 0.25) is 5.91 Å². The molecule has 0 saturated carbocycles. The third kappa shape index (κ3) is 2.73. The largest absolute Gasteiger partial charge is 0.336 e. The molecular weight excluding hydrogens is 278 g/mol. The smallest absolute Gasteiger partial charge is 0.253 e. The van der Waals surface area contributed by atoms with Gasteiger partial charge in [0.25, 0.3) is 5.91 Å². The highest BCUT2D eigenvalue weighted by molar-refractivity contribution is 5.97. The minimum atomic E-state index is 0.0634. The zero-order valence-electron chi connectivity index (χ0n) is 13.3. The first-order valence-electron chi connectivity index (χ1n) is 8.03. The molecule has 2 amide bonds. The maximum Gasteiger partial charge on any atom is 0.253 e. The number of piperazine rings is 1. The van der Waals surface area contributed by atoms with E-state index in [0.717, 1.165) is 62.5 Å². The van der Waals surface area contributed by atoms with Crippen LogP contribution < -0.4 is 4.90 Å². The summed E-state index contributed by atoms with van der Waals surface area (Å²) in [6.07, 6.45) is 0.833. The summed E-state index contributed by atoms with van der Waals surface area (Å²) in [5.74, 6) is 0.174. The van der Waals surface area contributed by atoms with E-state index in [1.807, 2.05) is 23.1 Å². The van der Waals surface area contributed by atoms with Crippen molar-refractivity contribution in [2.45, 2.75) is 20.3 Å². The van der Waals surface area contributed by atoms with E-state index in [4.69, 9.17) is 0 Å². The van der Waals surface area contributed by atoms with Gasteiger partial charge in [-0.05, 0) is 36.7 Å². The fraction of sp³-hybridized carbons (Fsp3) is 0.529. The van der Waals surface area contributed by atoms with Crippen LogP contribution in [0.4, 0.5) is 5.69 Å². The highest BCUT2D eigenvalue weighted by Gasteiger charge is 2.25. The van der Waals surface area contributed by atoms with E-state index in [1.165, 1.54) is 0 Å². The van der Waals surface area contributed by atoms with Gasteiger partial charge >= 0.3 is 0 Å². The van der Waals surface area contributed by atoms with Crippen LogP contribution in [-0.4, -0.2) is 60.9 Å². The molecule has 1 saturated heterocycles. The SMILES string of the molecule is CCN1CCN(C(=O)c2ccc3c(c2)CCN3C(C)=O)CC1. The number of benzene rings is 1. The van der Waals surface area contributed by atoms with Crippen molar-refractivity contribution in [2.75, 3.05) is 44.2 Å². The normalized spacial score (nSPS) is 18.5. The van der Waals surface area contributed by atoms with Crippen LogP contribution in [-0.2, 0) is 11.2 Å². The van der Waals surface area contributed by atoms with Crippen LogP contribution >= 0.6 is 0 Å². The maximum absolute atomic E-state index is 12.6. The van der Waals surface area contributed by atoms with Crippen molar-refractivity contribution < 1.29 is 9.59 Å². The zero-order valence-corrected chi connectivity index (χ0v) is 13.3. The Hall–Kier alpha value is -1.88. The van der Waals surface area contributed by atoms with Crippen LogP contribution in [0.25, 0.3) is 0 Å². The quantitative estimate of drug-likeness (QED) is 0.829. The van der Waals surface area contributed by atoms with Gasteiger partial charge in [-0.3, -0.25) is 9.59 Å². The number of anilines is 1. The first-order chi connectivity index (χ1) is 10.6. The Kier molecular flexibility index (Phi) is 4.16. The summed E-state index contributed by atoms with van der Waals surface area (Å²) in [5, 5.41) is 0. The number of fused-ring (bicyclic) bond motifs is 1. The summed E-state index contributed by atoms with van der Waals surface area (Å²) in [7, 11) is 0. The van der Waals surface area contributed by atoms with Crippen LogP contribution in [0.2, 0.25) is 0 Å². The van der Waals surface area contributed by atoms with Crippen molar-refractivity contribution in [1.29, 1.82) is 0 Å². The van der Waals surface area contributed by atoms with Gasteiger partial charge in [0.15, 0.2) is 0 Å². The standard InChI is InChI=1S/C17H23N3O2/c1-3-18-8-10-19(11-9-18)17(22)15-4-5-16-14(12-15)6-7-20(16)13(2)21/h4-5,12H,3,6-11H2,1-2H3. The number of nitrogens with zero attached hydrogens (tertiary/aromatic N) is 3. The van der Waals surface area contributed by atoms with Crippen molar-refractivity contribution in [1.82, 2.24) is 9.80 Å². The number of likely N-dealkylation sites (N-methyl/N-ethyl adjacent to an activating group) is 1. The molecule has 2 aliphatic heterocycles. The fourth-order valence-electron chi connectivity index (χ4n) is 3.31. The first-order valence-corrected chi connectivity index (χ1v) is 8.03. The number of carbonyl (C=O) groups excluding carboxylic acids is 2. The van der Waals surface area contributed by atoms with E-state index in [0.29, 0.717) is 0 Å². The predicted molar refractivity (Wildman–Crippen MR) is 86.2 cm³/mol. The van der Waals surface area contributed by atoms with Crippen molar-refractivity contribution in [3.63, 3.8) is 0 Å². The number of rotatable bonds is 2. The van der Waals surface area contributed by atoms with Crippen LogP contribution in [0.15, 0.2) is 18.2 Å². The average molecular weight is 301 g/mol. The lowest BCUT2D eigenvalue weighted by molar-refractivity contribution is -0.116. The number of carbonyl (C=O) groups is 2. The third-order valence-corrected chi connectivity index (χ3v) is 4.71. The average Bonchev–Trinajstić information content (AvgIpc) is 2.97. The van der Waals surface area contributed by atoms with Gasteiger partial charge in [-0.25, -0.2) is 0 Å². The third-order valence-electron chi connectivity index (χ3n) is 4.71. The second-order valence-corrected chi connectivity index (χ2v) is 5.99. The Morgan fingerprint density at radius 3 is 2.45 bits per heavy atom. The topological polar surface area (TPSA) is 43.9 Å². The highest BCUT2D eigenvalue weighted by atomic mass is 16.2. The molecule has 0 radical (unpaired) electrons. The van der Waals surface area contributed by atoms with E-state index < -0.39 is 0 Å². The number of hydrogen-bond acceptors (Lipinski definition) is 3. The summed E-state index contributed by atoms with van der Waals surface area (Å²) in [5.41, 5.74) is 2.81. The molecule has 2 aliphatic rings. The molecule has 2 heterocycles. The maximum atomic E-state index is 12.6. The minimum Gasteiger partial charge on any atom is -0.336 e. The Morgan fingerprint density at radius 1 is 1.09 bits per heavy atom. The van der Waals surface area contributed by atoms with Gasteiger partial charge in [0.05, 0.1) is 0 Å². The second-order valence-electron chi connectivity index (χ2n) is 5.99. The highest BCUT2D eigenvalue weighted by Crippen LogP contribution is 2.29. The van der Waals surface area contributed by atoms with Crippen LogP contribution in [0.1, 0.15) is 29.8 Å². The van der Waals surface area contributed by atoms with Crippen molar-refractivity contribution in [3.05, 3.63) is 29.3 Å². The lowest BCUT2D eigenvalue weighted by atomic mass is 10.1. The summed E-state index contributed by atoms with van der Waals surface area (Å²) in [6.45, 7) is 8.99. The van der Waals surface area contributed by atoms with E-state index >= 15 is 0 Å². The fourth-order valence-corrected chi connectivity index (χ4v) is 3.31. The van der Waals surface area contributed by atoms with Gasteiger partial charge in [-0.15, -0.1) is 0 Å². The summed E-state index contributed by atoms with van der Waals surface area (Å²) < 4.78 is 0. The zero-order chi connectivity index (χ0) is 15.7. The van der Waals surface area contributed by atoms with E-state index in [9.17, 15) is 9.59 Å². The predicted octanol–water partition coefficient (Wildman–Crippen LogP) is 1.37. The molecule has 5 nitrogen and oxygen atoms in total. The van der Waals surface area contributed by atoms with E-state index in [1.54, 1.807) is 11.8 Å². The molecule has 1 aromatic carbocycles. The second kappa shape index (κ2) is 6.08. The summed E-state index contributed by atoms with van der Waals surface area (Å²) in [6, 6.07) is 5.74. The Morgan fingerprint density at radius 2 is 1.82 bits per heavy atom. The lowest BCUT2D eigenvalue weighted by Gasteiger charge is -2.34. The molecule has 0 aromatic heterocycles. The molecular formula is C17H23N3O2. The van der Waals surface area contributed by atoms with Gasteiger partial charge in [0, 0.05) is 50.9 Å². The summed E-state index contributed by atoms with van der Waals surface area (Å²) >= 11 is 0. The molecule has 1 fully saturated rings. The van der Waals surface area contributed by atoms with Gasteiger partial charge in [-0.2, -0.15) is 0 Å². The number of hydrogen-bond donors (Lipinski definition) is 0. The molecule has 0 spiro atoms. The van der Waals surface area contributed by atoms with Gasteiger partial charge in [0.1, 0.15) is 0 Å². The number of amides is 2. The minimum absolute atomic E-state index is 0.0634. The van der Waals surface area contributed by atoms with Crippen LogP contribution in [0, 0.1) is 0 Å². The lowest BCUT2D eigenvalue weighted by Crippen LogP contribution is -2.48. The molecule has 1 aromatic rings. The van der Waals surface area contributed by atoms with Crippen LogP contribution in [0.3, 0.4) is 0 Å². The monoisotopic (exact) mass is 301 g/mol. The van der Waals surface area contributed by atoms with Crippen molar-refractivity contribution in [3.8, 4) is 0 Å². The van der Waals surface area contributed by atoms with Crippen LogP contribution in [0.5, 0.6) is 0 Å². The molecule has 118 valence electrons. The molecule has 5 heteroatoms. The van der Waals surface area contributed by atoms with Gasteiger partial charge < -0.3 is 14.7 Å². The van der Waals surface area contributed by atoms with Crippen molar-refractivity contribution in [2.24, 2.45) is 0 Å². The molecule has 0 atom stereocenters.